The van der Waals surface area contributed by atoms with E-state index in [0.29, 0.717) is 60.5 Å². The minimum Gasteiger partial charge on any atom is -0.466 e. The van der Waals surface area contributed by atoms with E-state index in [2.05, 4.69) is 15.5 Å². The predicted molar refractivity (Wildman–Crippen MR) is 113 cm³/mol. The molecule has 0 aliphatic heterocycles. The van der Waals surface area contributed by atoms with E-state index in [4.69, 9.17) is 8.94 Å². The molecule has 3 aromatic rings. The van der Waals surface area contributed by atoms with Gasteiger partial charge in [0.05, 0.1) is 22.3 Å². The molecule has 3 aromatic heterocycles. The standard InChI is InChI=1S/C22H28N4O4/c1-6-26(7-2)19(27)9-8-10-23-21(28)17-12-18(16-11-13(3)29-15(16)5)24-22-20(17)14(4)25-30-22/h11-12H,6-10H2,1-5H3,(H,23,28). The van der Waals surface area contributed by atoms with Gasteiger partial charge in [0.2, 0.25) is 5.91 Å². The lowest BCUT2D eigenvalue weighted by molar-refractivity contribution is -0.130. The van der Waals surface area contributed by atoms with Gasteiger partial charge in [0.1, 0.15) is 11.5 Å². The molecule has 160 valence electrons. The highest BCUT2D eigenvalue weighted by Crippen LogP contribution is 2.30. The first-order valence-corrected chi connectivity index (χ1v) is 10.3. The molecular weight excluding hydrogens is 384 g/mol. The number of nitrogens with zero attached hydrogens (tertiary/aromatic N) is 3. The van der Waals surface area contributed by atoms with Gasteiger partial charge >= 0.3 is 0 Å². The molecule has 0 atom stereocenters. The number of rotatable bonds is 8. The van der Waals surface area contributed by atoms with Crippen molar-refractivity contribution in [3.63, 3.8) is 0 Å². The van der Waals surface area contributed by atoms with Gasteiger partial charge < -0.3 is 19.2 Å². The Morgan fingerprint density at radius 2 is 1.87 bits per heavy atom. The molecule has 0 aliphatic carbocycles. The first-order chi connectivity index (χ1) is 14.3. The Hall–Kier alpha value is -3.16. The van der Waals surface area contributed by atoms with Crippen LogP contribution in [0.4, 0.5) is 0 Å². The summed E-state index contributed by atoms with van der Waals surface area (Å²) in [7, 11) is 0. The van der Waals surface area contributed by atoms with Gasteiger partial charge in [-0.3, -0.25) is 9.59 Å². The lowest BCUT2D eigenvalue weighted by Crippen LogP contribution is -2.31. The van der Waals surface area contributed by atoms with Crippen molar-refractivity contribution in [2.24, 2.45) is 0 Å². The molecule has 0 saturated carbocycles. The molecule has 0 fully saturated rings. The van der Waals surface area contributed by atoms with Crippen molar-refractivity contribution in [2.75, 3.05) is 19.6 Å². The van der Waals surface area contributed by atoms with E-state index in [1.165, 1.54) is 0 Å². The van der Waals surface area contributed by atoms with Gasteiger partial charge in [0.15, 0.2) is 0 Å². The van der Waals surface area contributed by atoms with Crippen LogP contribution in [0.5, 0.6) is 0 Å². The van der Waals surface area contributed by atoms with Crippen LogP contribution < -0.4 is 5.32 Å². The fraction of sp³-hybridized carbons (Fsp3) is 0.455. The molecule has 0 spiro atoms. The minimum atomic E-state index is -0.247. The van der Waals surface area contributed by atoms with Crippen LogP contribution in [0, 0.1) is 20.8 Å². The molecule has 3 rings (SSSR count). The zero-order valence-corrected chi connectivity index (χ0v) is 18.2. The van der Waals surface area contributed by atoms with Gasteiger partial charge in [-0.15, -0.1) is 0 Å². The maximum absolute atomic E-state index is 12.9. The predicted octanol–water partition coefficient (Wildman–Crippen LogP) is 3.79. The molecule has 0 aliphatic rings. The van der Waals surface area contributed by atoms with Crippen molar-refractivity contribution in [3.05, 3.63) is 34.9 Å². The Morgan fingerprint density at radius 1 is 1.13 bits per heavy atom. The Balaban J connectivity index is 1.79. The number of hydrogen-bond donors (Lipinski definition) is 1. The van der Waals surface area contributed by atoms with E-state index in [0.717, 1.165) is 17.1 Å². The molecular formula is C22H28N4O4. The first-order valence-electron chi connectivity index (χ1n) is 10.3. The molecule has 1 N–H and O–H groups in total. The Morgan fingerprint density at radius 3 is 2.50 bits per heavy atom. The summed E-state index contributed by atoms with van der Waals surface area (Å²) >= 11 is 0. The van der Waals surface area contributed by atoms with Gasteiger partial charge in [-0.2, -0.15) is 0 Å². The van der Waals surface area contributed by atoms with E-state index >= 15 is 0 Å². The molecule has 0 unspecified atom stereocenters. The third kappa shape index (κ3) is 4.37. The number of amides is 2. The lowest BCUT2D eigenvalue weighted by Gasteiger charge is -2.18. The van der Waals surface area contributed by atoms with Crippen molar-refractivity contribution in [3.8, 4) is 11.3 Å². The summed E-state index contributed by atoms with van der Waals surface area (Å²) in [6, 6.07) is 3.62. The number of aromatic nitrogens is 2. The summed E-state index contributed by atoms with van der Waals surface area (Å²) in [5, 5.41) is 7.47. The average Bonchev–Trinajstić information content (AvgIpc) is 3.26. The zero-order valence-electron chi connectivity index (χ0n) is 18.2. The third-order valence-corrected chi connectivity index (χ3v) is 5.15. The quantitative estimate of drug-likeness (QED) is 0.565. The van der Waals surface area contributed by atoms with Crippen molar-refractivity contribution in [1.29, 1.82) is 0 Å². The average molecular weight is 412 g/mol. The van der Waals surface area contributed by atoms with Crippen LogP contribution in [0.3, 0.4) is 0 Å². The molecule has 3 heterocycles. The number of nitrogens with one attached hydrogen (secondary N) is 1. The molecule has 2 amide bonds. The third-order valence-electron chi connectivity index (χ3n) is 5.15. The number of carbonyl (C=O) groups excluding carboxylic acids is 2. The SMILES string of the molecule is CCN(CC)C(=O)CCCNC(=O)c1cc(-c2cc(C)oc2C)nc2onc(C)c12. The molecule has 0 bridgehead atoms. The van der Waals surface area contributed by atoms with Crippen molar-refractivity contribution in [2.45, 2.75) is 47.5 Å². The van der Waals surface area contributed by atoms with Crippen LogP contribution >= 0.6 is 0 Å². The van der Waals surface area contributed by atoms with Crippen molar-refractivity contribution >= 4 is 22.9 Å². The molecule has 8 heteroatoms. The van der Waals surface area contributed by atoms with Crippen molar-refractivity contribution in [1.82, 2.24) is 20.4 Å². The molecule has 30 heavy (non-hydrogen) atoms. The summed E-state index contributed by atoms with van der Waals surface area (Å²) in [5.74, 6) is 1.34. The monoisotopic (exact) mass is 412 g/mol. The second-order valence-electron chi connectivity index (χ2n) is 7.26. The largest absolute Gasteiger partial charge is 0.466 e. The smallest absolute Gasteiger partial charge is 0.259 e. The molecule has 0 radical (unpaired) electrons. The Bertz CT molecular complexity index is 1060. The Kier molecular flexibility index (Phi) is 6.54. The fourth-order valence-corrected chi connectivity index (χ4v) is 3.57. The van der Waals surface area contributed by atoms with Gasteiger partial charge in [-0.05, 0) is 53.2 Å². The maximum atomic E-state index is 12.9. The minimum absolute atomic E-state index is 0.100. The molecule has 0 saturated heterocycles. The van der Waals surface area contributed by atoms with Crippen molar-refractivity contribution < 1.29 is 18.5 Å². The highest BCUT2D eigenvalue weighted by molar-refractivity contribution is 6.07. The molecule has 0 aromatic carbocycles. The van der Waals surface area contributed by atoms with Gasteiger partial charge in [-0.1, -0.05) is 5.16 Å². The Labute approximate surface area is 175 Å². The van der Waals surface area contributed by atoms with Crippen LogP contribution in [-0.2, 0) is 4.79 Å². The first kappa shape index (κ1) is 21.5. The zero-order chi connectivity index (χ0) is 21.8. The van der Waals surface area contributed by atoms with Gasteiger partial charge in [-0.25, -0.2) is 4.98 Å². The summed E-state index contributed by atoms with van der Waals surface area (Å²) in [5.41, 5.74) is 2.76. The highest BCUT2D eigenvalue weighted by Gasteiger charge is 2.21. The summed E-state index contributed by atoms with van der Waals surface area (Å²) < 4.78 is 10.9. The van der Waals surface area contributed by atoms with E-state index in [1.807, 2.05) is 33.8 Å². The van der Waals surface area contributed by atoms with E-state index < -0.39 is 0 Å². The van der Waals surface area contributed by atoms with E-state index in [-0.39, 0.29) is 11.8 Å². The summed E-state index contributed by atoms with van der Waals surface area (Å²) in [6.45, 7) is 11.2. The number of aryl methyl sites for hydroxylation is 3. The van der Waals surface area contributed by atoms with Gasteiger partial charge in [0.25, 0.3) is 11.6 Å². The summed E-state index contributed by atoms with van der Waals surface area (Å²) in [4.78, 5) is 31.4. The second-order valence-corrected chi connectivity index (χ2v) is 7.26. The second kappa shape index (κ2) is 9.11. The number of hydrogen-bond acceptors (Lipinski definition) is 6. The van der Waals surface area contributed by atoms with E-state index in [1.54, 1.807) is 17.9 Å². The van der Waals surface area contributed by atoms with Gasteiger partial charge in [0, 0.05) is 31.6 Å². The maximum Gasteiger partial charge on any atom is 0.259 e. The highest BCUT2D eigenvalue weighted by atomic mass is 16.5. The van der Waals surface area contributed by atoms with Crippen LogP contribution in [0.15, 0.2) is 21.1 Å². The van der Waals surface area contributed by atoms with Crippen LogP contribution in [0.25, 0.3) is 22.4 Å². The number of furan rings is 1. The number of carbonyl (C=O) groups is 2. The van der Waals surface area contributed by atoms with Crippen LogP contribution in [-0.4, -0.2) is 46.5 Å². The van der Waals surface area contributed by atoms with Crippen LogP contribution in [0.2, 0.25) is 0 Å². The number of pyridine rings is 1. The van der Waals surface area contributed by atoms with E-state index in [9.17, 15) is 9.59 Å². The lowest BCUT2D eigenvalue weighted by atomic mass is 10.1. The summed E-state index contributed by atoms with van der Waals surface area (Å²) in [6.07, 6.45) is 0.976. The normalized spacial score (nSPS) is 11.1. The number of fused-ring (bicyclic) bond motifs is 1. The van der Waals surface area contributed by atoms with Crippen LogP contribution in [0.1, 0.15) is 54.3 Å². The molecule has 8 nitrogen and oxygen atoms in total. The fourth-order valence-electron chi connectivity index (χ4n) is 3.57. The topological polar surface area (TPSA) is 101 Å².